The van der Waals surface area contributed by atoms with E-state index in [1.54, 1.807) is 36.4 Å². The molecule has 0 saturated heterocycles. The van der Waals surface area contributed by atoms with Crippen LogP contribution in [-0.2, 0) is 10.0 Å². The molecule has 0 aromatic heterocycles. The Labute approximate surface area is 202 Å². The fourth-order valence-corrected chi connectivity index (χ4v) is 4.71. The lowest BCUT2D eigenvalue weighted by molar-refractivity contribution is 0.102. The fourth-order valence-electron chi connectivity index (χ4n) is 3.51. The minimum Gasteiger partial charge on any atom is -0.494 e. The molecule has 0 aliphatic rings. The average Bonchev–Trinajstić information content (AvgIpc) is 2.82. The number of carbonyl (C=O) groups is 1. The highest BCUT2D eigenvalue weighted by Crippen LogP contribution is 2.24. The van der Waals surface area contributed by atoms with Gasteiger partial charge in [-0.2, -0.15) is 0 Å². The van der Waals surface area contributed by atoms with Gasteiger partial charge in [0.2, 0.25) is 0 Å². The zero-order valence-corrected chi connectivity index (χ0v) is 20.7. The predicted octanol–water partition coefficient (Wildman–Crippen LogP) is 6.32. The van der Waals surface area contributed by atoms with Gasteiger partial charge in [0.05, 0.1) is 17.2 Å². The first-order valence-electron chi connectivity index (χ1n) is 11.5. The lowest BCUT2D eigenvalue weighted by Gasteiger charge is -2.13. The molecule has 3 rings (SSSR count). The molecule has 0 saturated carbocycles. The largest absolute Gasteiger partial charge is 0.494 e. The van der Waals surface area contributed by atoms with Gasteiger partial charge in [-0.1, -0.05) is 44.4 Å². The number of nitrogens with one attached hydrogen (secondary N) is 2. The molecule has 0 radical (unpaired) electrons. The standard InChI is InChI=1S/C27H32N2O4S/c1-4-5-6-7-19-33-24-15-11-22(12-16-24)27(30)28-23-13-17-25(18-14-23)34(31,32)29-26-20(2)9-8-10-21(26)3/h8-18,29H,4-7,19H2,1-3H3,(H,28,30). The summed E-state index contributed by atoms with van der Waals surface area (Å²) in [6.07, 6.45) is 4.56. The number of hydrogen-bond donors (Lipinski definition) is 2. The second kappa shape index (κ2) is 11.7. The molecule has 2 N–H and O–H groups in total. The Morgan fingerprint density at radius 1 is 0.853 bits per heavy atom. The maximum atomic E-state index is 12.8. The molecule has 7 heteroatoms. The van der Waals surface area contributed by atoms with Gasteiger partial charge in [0.25, 0.3) is 15.9 Å². The molecule has 0 aliphatic heterocycles. The van der Waals surface area contributed by atoms with Crippen molar-refractivity contribution in [3.63, 3.8) is 0 Å². The summed E-state index contributed by atoms with van der Waals surface area (Å²) in [5, 5.41) is 2.80. The van der Waals surface area contributed by atoms with Crippen LogP contribution in [0.5, 0.6) is 5.75 Å². The van der Waals surface area contributed by atoms with E-state index < -0.39 is 10.0 Å². The molecular formula is C27H32N2O4S. The summed E-state index contributed by atoms with van der Waals surface area (Å²) in [6, 6.07) is 18.7. The number of carbonyl (C=O) groups excluding carboxylic acids is 1. The summed E-state index contributed by atoms with van der Waals surface area (Å²) >= 11 is 0. The van der Waals surface area contributed by atoms with Crippen LogP contribution in [0.3, 0.4) is 0 Å². The molecule has 1 amide bonds. The molecule has 0 aliphatic carbocycles. The Bertz CT molecular complexity index is 1180. The lowest BCUT2D eigenvalue weighted by Crippen LogP contribution is -2.15. The summed E-state index contributed by atoms with van der Waals surface area (Å²) in [4.78, 5) is 12.7. The first kappa shape index (κ1) is 25.3. The van der Waals surface area contributed by atoms with Crippen LogP contribution in [0.15, 0.2) is 71.6 Å². The molecule has 180 valence electrons. The van der Waals surface area contributed by atoms with E-state index in [0.29, 0.717) is 23.5 Å². The Balaban J connectivity index is 1.59. The van der Waals surface area contributed by atoms with Crippen LogP contribution >= 0.6 is 0 Å². The van der Waals surface area contributed by atoms with Crippen LogP contribution in [0.25, 0.3) is 0 Å². The second-order valence-corrected chi connectivity index (χ2v) is 9.97. The van der Waals surface area contributed by atoms with Gasteiger partial charge in [0, 0.05) is 11.3 Å². The van der Waals surface area contributed by atoms with Crippen LogP contribution in [0.2, 0.25) is 0 Å². The van der Waals surface area contributed by atoms with E-state index in [1.807, 2.05) is 32.0 Å². The zero-order chi connectivity index (χ0) is 24.6. The van der Waals surface area contributed by atoms with Gasteiger partial charge in [-0.3, -0.25) is 9.52 Å². The van der Waals surface area contributed by atoms with E-state index in [2.05, 4.69) is 17.0 Å². The highest BCUT2D eigenvalue weighted by molar-refractivity contribution is 7.92. The lowest BCUT2D eigenvalue weighted by atomic mass is 10.1. The number of para-hydroxylation sites is 1. The molecule has 3 aromatic carbocycles. The van der Waals surface area contributed by atoms with E-state index in [0.717, 1.165) is 29.7 Å². The van der Waals surface area contributed by atoms with Crippen molar-refractivity contribution in [3.8, 4) is 5.75 Å². The molecule has 3 aromatic rings. The number of benzene rings is 3. The van der Waals surface area contributed by atoms with Gasteiger partial charge >= 0.3 is 0 Å². The minimum absolute atomic E-state index is 0.119. The quantitative estimate of drug-likeness (QED) is 0.315. The minimum atomic E-state index is -3.75. The first-order valence-corrected chi connectivity index (χ1v) is 13.0. The molecule has 34 heavy (non-hydrogen) atoms. The van der Waals surface area contributed by atoms with Crippen molar-refractivity contribution in [2.45, 2.75) is 51.3 Å². The molecule has 6 nitrogen and oxygen atoms in total. The maximum Gasteiger partial charge on any atom is 0.261 e. The number of hydrogen-bond acceptors (Lipinski definition) is 4. The normalized spacial score (nSPS) is 11.1. The molecule has 0 heterocycles. The smallest absolute Gasteiger partial charge is 0.261 e. The number of ether oxygens (including phenoxy) is 1. The maximum absolute atomic E-state index is 12.8. The monoisotopic (exact) mass is 480 g/mol. The van der Waals surface area contributed by atoms with Crippen molar-refractivity contribution >= 4 is 27.3 Å². The Morgan fingerprint density at radius 2 is 1.50 bits per heavy atom. The van der Waals surface area contributed by atoms with E-state index in [-0.39, 0.29) is 10.8 Å². The van der Waals surface area contributed by atoms with Crippen molar-refractivity contribution in [1.29, 1.82) is 0 Å². The molecule has 0 unspecified atom stereocenters. The Morgan fingerprint density at radius 3 is 2.12 bits per heavy atom. The highest BCUT2D eigenvalue weighted by atomic mass is 32.2. The average molecular weight is 481 g/mol. The van der Waals surface area contributed by atoms with E-state index in [9.17, 15) is 13.2 Å². The van der Waals surface area contributed by atoms with Crippen LogP contribution in [0.1, 0.15) is 54.1 Å². The molecule has 0 fully saturated rings. The molecule has 0 spiro atoms. The third kappa shape index (κ3) is 6.84. The number of sulfonamides is 1. The number of amides is 1. The van der Waals surface area contributed by atoms with Crippen LogP contribution < -0.4 is 14.8 Å². The molecular weight excluding hydrogens is 448 g/mol. The predicted molar refractivity (Wildman–Crippen MR) is 137 cm³/mol. The Kier molecular flexibility index (Phi) is 8.71. The first-order chi connectivity index (χ1) is 16.3. The van der Waals surface area contributed by atoms with Crippen molar-refractivity contribution in [2.75, 3.05) is 16.6 Å². The second-order valence-electron chi connectivity index (χ2n) is 8.28. The fraction of sp³-hybridized carbons (Fsp3) is 0.296. The van der Waals surface area contributed by atoms with Gasteiger partial charge in [0.15, 0.2) is 0 Å². The summed E-state index contributed by atoms with van der Waals surface area (Å²) in [7, 11) is -3.75. The van der Waals surface area contributed by atoms with Crippen molar-refractivity contribution < 1.29 is 17.9 Å². The van der Waals surface area contributed by atoms with Gasteiger partial charge in [-0.25, -0.2) is 8.42 Å². The zero-order valence-electron chi connectivity index (χ0n) is 19.9. The Hall–Kier alpha value is -3.32. The van der Waals surface area contributed by atoms with Gasteiger partial charge in [-0.15, -0.1) is 0 Å². The van der Waals surface area contributed by atoms with Gasteiger partial charge in [0.1, 0.15) is 5.75 Å². The molecule has 0 atom stereocenters. The highest BCUT2D eigenvalue weighted by Gasteiger charge is 2.17. The SMILES string of the molecule is CCCCCCOc1ccc(C(=O)Nc2ccc(S(=O)(=O)Nc3c(C)cccc3C)cc2)cc1. The van der Waals surface area contributed by atoms with Gasteiger partial charge in [-0.05, 0) is 79.9 Å². The number of anilines is 2. The number of aryl methyl sites for hydroxylation is 2. The van der Waals surface area contributed by atoms with Crippen LogP contribution in [0, 0.1) is 13.8 Å². The topological polar surface area (TPSA) is 84.5 Å². The van der Waals surface area contributed by atoms with Crippen molar-refractivity contribution in [1.82, 2.24) is 0 Å². The summed E-state index contributed by atoms with van der Waals surface area (Å²) in [6.45, 7) is 6.55. The third-order valence-corrected chi connectivity index (χ3v) is 6.89. The number of unbranched alkanes of at least 4 members (excludes halogenated alkanes) is 3. The van der Waals surface area contributed by atoms with E-state index in [1.165, 1.54) is 25.0 Å². The summed E-state index contributed by atoms with van der Waals surface area (Å²) in [5.74, 6) is 0.456. The number of rotatable bonds is 11. The van der Waals surface area contributed by atoms with E-state index >= 15 is 0 Å². The van der Waals surface area contributed by atoms with Crippen LogP contribution in [0.4, 0.5) is 11.4 Å². The summed E-state index contributed by atoms with van der Waals surface area (Å²) in [5.41, 5.74) is 3.27. The van der Waals surface area contributed by atoms with Gasteiger partial charge < -0.3 is 10.1 Å². The van der Waals surface area contributed by atoms with Crippen LogP contribution in [-0.4, -0.2) is 20.9 Å². The summed E-state index contributed by atoms with van der Waals surface area (Å²) < 4.78 is 34.0. The third-order valence-electron chi connectivity index (χ3n) is 5.52. The van der Waals surface area contributed by atoms with Crippen molar-refractivity contribution in [3.05, 3.63) is 83.4 Å². The molecule has 0 bridgehead atoms. The van der Waals surface area contributed by atoms with Crippen molar-refractivity contribution in [2.24, 2.45) is 0 Å². The van der Waals surface area contributed by atoms with E-state index in [4.69, 9.17) is 4.74 Å².